The summed E-state index contributed by atoms with van der Waals surface area (Å²) in [5.74, 6) is 0. The molecule has 1 unspecified atom stereocenters. The zero-order valence-corrected chi connectivity index (χ0v) is 9.94. The minimum absolute atomic E-state index is 0.492. The van der Waals surface area contributed by atoms with Crippen LogP contribution in [0.2, 0.25) is 0 Å². The third-order valence-corrected chi connectivity index (χ3v) is 3.44. The van der Waals surface area contributed by atoms with Crippen LogP contribution in [0.1, 0.15) is 46.5 Å². The smallest absolute Gasteiger partial charge is 0.0643 e. The Labute approximate surface area is 88.4 Å². The number of nitrogens with one attached hydrogen (secondary N) is 1. The molecule has 0 saturated carbocycles. The average molecular weight is 199 g/mol. The zero-order valence-electron chi connectivity index (χ0n) is 9.94. The molecule has 0 spiro atoms. The van der Waals surface area contributed by atoms with E-state index in [0.29, 0.717) is 11.5 Å². The lowest BCUT2D eigenvalue weighted by atomic mass is 9.82. The van der Waals surface area contributed by atoms with Crippen molar-refractivity contribution in [1.82, 2.24) is 5.32 Å². The van der Waals surface area contributed by atoms with Crippen molar-refractivity contribution in [3.05, 3.63) is 0 Å². The molecule has 0 bridgehead atoms. The summed E-state index contributed by atoms with van der Waals surface area (Å²) in [6.45, 7) is 9.94. The van der Waals surface area contributed by atoms with Crippen molar-refractivity contribution in [2.75, 3.05) is 19.8 Å². The van der Waals surface area contributed by atoms with Crippen LogP contribution in [0.4, 0.5) is 0 Å². The molecule has 1 heterocycles. The number of hydrogen-bond acceptors (Lipinski definition) is 2. The molecule has 1 aliphatic rings. The second-order valence-electron chi connectivity index (χ2n) is 4.88. The van der Waals surface area contributed by atoms with Crippen molar-refractivity contribution in [3.8, 4) is 0 Å². The second-order valence-corrected chi connectivity index (χ2v) is 4.88. The van der Waals surface area contributed by atoms with Crippen LogP contribution < -0.4 is 5.32 Å². The Hall–Kier alpha value is -0.0800. The van der Waals surface area contributed by atoms with E-state index in [1.165, 1.54) is 25.7 Å². The highest BCUT2D eigenvalue weighted by atomic mass is 16.5. The summed E-state index contributed by atoms with van der Waals surface area (Å²) >= 11 is 0. The van der Waals surface area contributed by atoms with Gasteiger partial charge in [-0.2, -0.15) is 0 Å². The van der Waals surface area contributed by atoms with Crippen molar-refractivity contribution in [1.29, 1.82) is 0 Å². The molecule has 0 aromatic rings. The topological polar surface area (TPSA) is 21.3 Å². The van der Waals surface area contributed by atoms with Crippen molar-refractivity contribution in [3.63, 3.8) is 0 Å². The van der Waals surface area contributed by atoms with E-state index in [2.05, 4.69) is 26.1 Å². The Morgan fingerprint density at radius 1 is 1.36 bits per heavy atom. The molecule has 1 atom stereocenters. The molecule has 0 aromatic carbocycles. The number of rotatable bonds is 7. The normalized spacial score (nSPS) is 21.6. The first-order valence-corrected chi connectivity index (χ1v) is 6.01. The standard InChI is InChI=1S/C12H25NO/c1-4-6-7-12(3,5-2)10-13-11-8-14-9-11/h11,13H,4-10H2,1-3H3. The van der Waals surface area contributed by atoms with Crippen LogP contribution >= 0.6 is 0 Å². The summed E-state index contributed by atoms with van der Waals surface area (Å²) < 4.78 is 5.15. The number of unbranched alkanes of at least 4 members (excludes halogenated alkanes) is 1. The summed E-state index contributed by atoms with van der Waals surface area (Å²) in [5, 5.41) is 3.59. The molecule has 2 nitrogen and oxygen atoms in total. The Bertz CT molecular complexity index is 156. The minimum Gasteiger partial charge on any atom is -0.378 e. The molecule has 14 heavy (non-hydrogen) atoms. The van der Waals surface area contributed by atoms with Gasteiger partial charge in [0.1, 0.15) is 0 Å². The Morgan fingerprint density at radius 3 is 2.50 bits per heavy atom. The minimum atomic E-state index is 0.492. The second kappa shape index (κ2) is 5.72. The van der Waals surface area contributed by atoms with Gasteiger partial charge >= 0.3 is 0 Å². The lowest BCUT2D eigenvalue weighted by Crippen LogP contribution is -2.49. The van der Waals surface area contributed by atoms with E-state index in [1.54, 1.807) is 0 Å². The van der Waals surface area contributed by atoms with Crippen LogP contribution in [0, 0.1) is 5.41 Å². The van der Waals surface area contributed by atoms with Gasteiger partial charge in [-0.15, -0.1) is 0 Å². The van der Waals surface area contributed by atoms with Crippen molar-refractivity contribution < 1.29 is 4.74 Å². The van der Waals surface area contributed by atoms with E-state index in [-0.39, 0.29) is 0 Å². The first-order valence-electron chi connectivity index (χ1n) is 6.01. The quantitative estimate of drug-likeness (QED) is 0.680. The largest absolute Gasteiger partial charge is 0.378 e. The van der Waals surface area contributed by atoms with E-state index in [1.807, 2.05) is 0 Å². The van der Waals surface area contributed by atoms with Gasteiger partial charge in [0.25, 0.3) is 0 Å². The van der Waals surface area contributed by atoms with Crippen LogP contribution in [0.3, 0.4) is 0 Å². The van der Waals surface area contributed by atoms with E-state index < -0.39 is 0 Å². The average Bonchev–Trinajstić information content (AvgIpc) is 2.12. The fraction of sp³-hybridized carbons (Fsp3) is 1.00. The maximum atomic E-state index is 5.15. The van der Waals surface area contributed by atoms with Gasteiger partial charge in [-0.05, 0) is 18.3 Å². The molecule has 1 N–H and O–H groups in total. The zero-order chi connectivity index (χ0) is 10.4. The van der Waals surface area contributed by atoms with Gasteiger partial charge in [-0.3, -0.25) is 0 Å². The molecule has 0 amide bonds. The summed E-state index contributed by atoms with van der Waals surface area (Å²) in [6.07, 6.45) is 5.28. The van der Waals surface area contributed by atoms with Gasteiger partial charge in [0, 0.05) is 6.54 Å². The predicted octanol–water partition coefficient (Wildman–Crippen LogP) is 2.58. The van der Waals surface area contributed by atoms with E-state index >= 15 is 0 Å². The van der Waals surface area contributed by atoms with Gasteiger partial charge in [-0.25, -0.2) is 0 Å². The molecular formula is C12H25NO. The molecule has 0 aliphatic carbocycles. The maximum Gasteiger partial charge on any atom is 0.0643 e. The molecule has 1 aliphatic heterocycles. The van der Waals surface area contributed by atoms with Crippen molar-refractivity contribution in [2.45, 2.75) is 52.5 Å². The molecule has 1 rings (SSSR count). The summed E-state index contributed by atoms with van der Waals surface area (Å²) in [4.78, 5) is 0. The number of ether oxygens (including phenoxy) is 1. The third-order valence-electron chi connectivity index (χ3n) is 3.44. The van der Waals surface area contributed by atoms with Gasteiger partial charge in [0.2, 0.25) is 0 Å². The van der Waals surface area contributed by atoms with Crippen LogP contribution in [0.5, 0.6) is 0 Å². The Kier molecular flexibility index (Phi) is 4.90. The maximum absolute atomic E-state index is 5.15. The summed E-state index contributed by atoms with van der Waals surface area (Å²) in [6, 6.07) is 0.627. The highest BCUT2D eigenvalue weighted by Crippen LogP contribution is 2.27. The van der Waals surface area contributed by atoms with Crippen LogP contribution in [0.15, 0.2) is 0 Å². The summed E-state index contributed by atoms with van der Waals surface area (Å²) in [5.41, 5.74) is 0.492. The molecule has 84 valence electrons. The Morgan fingerprint density at radius 2 is 2.07 bits per heavy atom. The van der Waals surface area contributed by atoms with Gasteiger partial charge in [0.15, 0.2) is 0 Å². The lowest BCUT2D eigenvalue weighted by Gasteiger charge is -2.34. The van der Waals surface area contributed by atoms with E-state index in [0.717, 1.165) is 19.8 Å². The molecule has 0 radical (unpaired) electrons. The fourth-order valence-corrected chi connectivity index (χ4v) is 1.74. The van der Waals surface area contributed by atoms with E-state index in [4.69, 9.17) is 4.74 Å². The molecule has 2 heteroatoms. The molecule has 1 saturated heterocycles. The van der Waals surface area contributed by atoms with Crippen LogP contribution in [0.25, 0.3) is 0 Å². The SMILES string of the molecule is CCCCC(C)(CC)CNC1COC1. The third kappa shape index (κ3) is 3.58. The van der Waals surface area contributed by atoms with Crippen molar-refractivity contribution in [2.24, 2.45) is 5.41 Å². The van der Waals surface area contributed by atoms with Gasteiger partial charge in [-0.1, -0.05) is 33.6 Å². The molecule has 0 aromatic heterocycles. The Balaban J connectivity index is 2.19. The van der Waals surface area contributed by atoms with Crippen molar-refractivity contribution >= 4 is 0 Å². The summed E-state index contributed by atoms with van der Waals surface area (Å²) in [7, 11) is 0. The number of hydrogen-bond donors (Lipinski definition) is 1. The first-order chi connectivity index (χ1) is 6.70. The highest BCUT2D eigenvalue weighted by Gasteiger charge is 2.25. The predicted molar refractivity (Wildman–Crippen MR) is 60.5 cm³/mol. The van der Waals surface area contributed by atoms with Crippen LogP contribution in [-0.4, -0.2) is 25.8 Å². The van der Waals surface area contributed by atoms with Gasteiger partial charge < -0.3 is 10.1 Å². The molecular weight excluding hydrogens is 174 g/mol. The first kappa shape index (κ1) is 12.0. The molecule has 1 fully saturated rings. The van der Waals surface area contributed by atoms with Gasteiger partial charge in [0.05, 0.1) is 19.3 Å². The lowest BCUT2D eigenvalue weighted by molar-refractivity contribution is -0.00971. The fourth-order valence-electron chi connectivity index (χ4n) is 1.74. The van der Waals surface area contributed by atoms with E-state index in [9.17, 15) is 0 Å². The monoisotopic (exact) mass is 199 g/mol. The highest BCUT2D eigenvalue weighted by molar-refractivity contribution is 4.80. The van der Waals surface area contributed by atoms with Crippen LogP contribution in [-0.2, 0) is 4.74 Å².